The molecule has 1 aromatic carbocycles. The van der Waals surface area contributed by atoms with E-state index in [1.54, 1.807) is 0 Å². The van der Waals surface area contributed by atoms with Crippen LogP contribution in [0.4, 0.5) is 5.95 Å². The predicted molar refractivity (Wildman–Crippen MR) is 103 cm³/mol. The van der Waals surface area contributed by atoms with Gasteiger partial charge in [0.05, 0.1) is 17.5 Å². The highest BCUT2D eigenvalue weighted by molar-refractivity contribution is 5.84. The van der Waals surface area contributed by atoms with E-state index in [2.05, 4.69) is 23.7 Å². The van der Waals surface area contributed by atoms with E-state index in [0.717, 1.165) is 49.3 Å². The summed E-state index contributed by atoms with van der Waals surface area (Å²) in [6.07, 6.45) is 6.29. The number of rotatable bonds is 8. The summed E-state index contributed by atoms with van der Waals surface area (Å²) in [5, 5.41) is 4.43. The molecule has 134 valence electrons. The summed E-state index contributed by atoms with van der Waals surface area (Å²) >= 11 is 0. The lowest BCUT2D eigenvalue weighted by atomic mass is 10.1. The van der Waals surface area contributed by atoms with Crippen LogP contribution in [0.2, 0.25) is 0 Å². The van der Waals surface area contributed by atoms with Crippen LogP contribution in [0.15, 0.2) is 36.9 Å². The van der Waals surface area contributed by atoms with Gasteiger partial charge in [-0.05, 0) is 25.0 Å². The molecule has 1 aliphatic heterocycles. The minimum Gasteiger partial charge on any atom is -0.477 e. The quantitative estimate of drug-likeness (QED) is 0.588. The normalized spacial score (nSPS) is 17.6. The number of ether oxygens (including phenoxy) is 1. The van der Waals surface area contributed by atoms with Crippen LogP contribution in [-0.2, 0) is 0 Å². The number of para-hydroxylation sites is 1. The van der Waals surface area contributed by atoms with Crippen LogP contribution in [0.3, 0.4) is 0 Å². The molecule has 1 N–H and O–H groups in total. The van der Waals surface area contributed by atoms with Gasteiger partial charge in [0, 0.05) is 25.7 Å². The van der Waals surface area contributed by atoms with Crippen molar-refractivity contribution in [2.45, 2.75) is 38.6 Å². The molecule has 2 aromatic rings. The summed E-state index contributed by atoms with van der Waals surface area (Å²) in [6, 6.07) is 8.42. The zero-order chi connectivity index (χ0) is 17.5. The number of fused-ring (bicyclic) bond motifs is 1. The van der Waals surface area contributed by atoms with Crippen LogP contribution >= 0.6 is 0 Å². The maximum absolute atomic E-state index is 6.03. The van der Waals surface area contributed by atoms with Crippen LogP contribution in [-0.4, -0.2) is 42.3 Å². The van der Waals surface area contributed by atoms with E-state index in [1.807, 2.05) is 30.3 Å². The van der Waals surface area contributed by atoms with Gasteiger partial charge in [0.2, 0.25) is 11.8 Å². The van der Waals surface area contributed by atoms with Gasteiger partial charge in [-0.1, -0.05) is 38.0 Å². The minimum atomic E-state index is 0.334. The largest absolute Gasteiger partial charge is 0.477 e. The van der Waals surface area contributed by atoms with Crippen molar-refractivity contribution in [3.05, 3.63) is 36.9 Å². The Labute approximate surface area is 150 Å². The molecule has 25 heavy (non-hydrogen) atoms. The van der Waals surface area contributed by atoms with Crippen LogP contribution in [0.1, 0.15) is 32.6 Å². The first-order valence-electron chi connectivity index (χ1n) is 9.31. The van der Waals surface area contributed by atoms with Gasteiger partial charge in [-0.3, -0.25) is 0 Å². The Morgan fingerprint density at radius 3 is 3.04 bits per heavy atom. The molecule has 0 amide bonds. The second-order valence-electron chi connectivity index (χ2n) is 6.48. The first kappa shape index (κ1) is 17.7. The molecule has 1 aliphatic rings. The summed E-state index contributed by atoms with van der Waals surface area (Å²) < 4.78 is 6.03. The third-order valence-corrected chi connectivity index (χ3v) is 4.59. The molecular weight excluding hydrogens is 312 g/mol. The summed E-state index contributed by atoms with van der Waals surface area (Å²) in [6.45, 7) is 9.55. The molecule has 3 rings (SSSR count). The first-order chi connectivity index (χ1) is 12.3. The summed E-state index contributed by atoms with van der Waals surface area (Å²) in [4.78, 5) is 11.9. The summed E-state index contributed by atoms with van der Waals surface area (Å²) in [5.74, 6) is 1.46. The molecule has 0 saturated carbocycles. The van der Waals surface area contributed by atoms with Gasteiger partial charge in [0.25, 0.3) is 0 Å². The van der Waals surface area contributed by atoms with Crippen molar-refractivity contribution in [3.63, 3.8) is 0 Å². The molecule has 0 aliphatic carbocycles. The number of benzene rings is 1. The van der Waals surface area contributed by atoms with Gasteiger partial charge in [0.15, 0.2) is 0 Å². The zero-order valence-corrected chi connectivity index (χ0v) is 15.1. The number of unbranched alkanes of at least 4 members (excludes halogenated alkanes) is 2. The Morgan fingerprint density at radius 1 is 1.32 bits per heavy atom. The fourth-order valence-electron chi connectivity index (χ4n) is 3.22. The number of anilines is 1. The SMILES string of the molecule is C=CCC1CNCCN1c1nc(OCCCCC)c2ccccc2n1. The monoisotopic (exact) mass is 340 g/mol. The average Bonchev–Trinajstić information content (AvgIpc) is 2.65. The van der Waals surface area contributed by atoms with Gasteiger partial charge in [-0.25, -0.2) is 4.98 Å². The van der Waals surface area contributed by atoms with Crippen molar-refractivity contribution in [1.29, 1.82) is 0 Å². The molecule has 1 atom stereocenters. The van der Waals surface area contributed by atoms with Crippen molar-refractivity contribution in [2.24, 2.45) is 0 Å². The highest BCUT2D eigenvalue weighted by atomic mass is 16.5. The maximum Gasteiger partial charge on any atom is 0.229 e. The van der Waals surface area contributed by atoms with E-state index in [9.17, 15) is 0 Å². The lowest BCUT2D eigenvalue weighted by Gasteiger charge is -2.36. The van der Waals surface area contributed by atoms with E-state index in [1.165, 1.54) is 12.8 Å². The molecular formula is C20H28N4O. The standard InChI is InChI=1S/C20H28N4O/c1-3-5-8-14-25-19-17-10-6-7-11-18(17)22-20(23-19)24-13-12-21-15-16(24)9-4-2/h4,6-7,10-11,16,21H,2-3,5,8-9,12-15H2,1H3. The molecule has 0 bridgehead atoms. The van der Waals surface area contributed by atoms with E-state index in [4.69, 9.17) is 14.7 Å². The second-order valence-corrected chi connectivity index (χ2v) is 6.48. The third kappa shape index (κ3) is 4.28. The smallest absolute Gasteiger partial charge is 0.229 e. The number of piperazine rings is 1. The van der Waals surface area contributed by atoms with Gasteiger partial charge in [0.1, 0.15) is 0 Å². The third-order valence-electron chi connectivity index (χ3n) is 4.59. The van der Waals surface area contributed by atoms with Gasteiger partial charge < -0.3 is 15.0 Å². The highest BCUT2D eigenvalue weighted by Gasteiger charge is 2.24. The molecule has 1 fully saturated rings. The van der Waals surface area contributed by atoms with Gasteiger partial charge >= 0.3 is 0 Å². The molecule has 1 saturated heterocycles. The summed E-state index contributed by atoms with van der Waals surface area (Å²) in [5.41, 5.74) is 0.939. The van der Waals surface area contributed by atoms with E-state index < -0.39 is 0 Å². The van der Waals surface area contributed by atoms with Crippen molar-refractivity contribution in [2.75, 3.05) is 31.1 Å². The molecule has 0 radical (unpaired) electrons. The van der Waals surface area contributed by atoms with Crippen molar-refractivity contribution in [3.8, 4) is 5.88 Å². The Kier molecular flexibility index (Phi) is 6.23. The van der Waals surface area contributed by atoms with Crippen LogP contribution in [0, 0.1) is 0 Å². The van der Waals surface area contributed by atoms with Crippen LogP contribution in [0.25, 0.3) is 10.9 Å². The number of nitrogens with one attached hydrogen (secondary N) is 1. The predicted octanol–water partition coefficient (Wildman–Crippen LogP) is 3.55. The van der Waals surface area contributed by atoms with Crippen molar-refractivity contribution < 1.29 is 4.74 Å². The fraction of sp³-hybridized carbons (Fsp3) is 0.500. The lowest BCUT2D eigenvalue weighted by molar-refractivity contribution is 0.298. The average molecular weight is 340 g/mol. The van der Waals surface area contributed by atoms with Crippen LogP contribution < -0.4 is 15.0 Å². The Hall–Kier alpha value is -2.14. The second kappa shape index (κ2) is 8.81. The number of hydrogen-bond acceptors (Lipinski definition) is 5. The first-order valence-corrected chi connectivity index (χ1v) is 9.31. The Bertz CT molecular complexity index is 703. The number of nitrogens with zero attached hydrogens (tertiary/aromatic N) is 3. The molecule has 2 heterocycles. The molecule has 5 nitrogen and oxygen atoms in total. The highest BCUT2D eigenvalue weighted by Crippen LogP contribution is 2.27. The van der Waals surface area contributed by atoms with E-state index >= 15 is 0 Å². The molecule has 1 unspecified atom stereocenters. The van der Waals surface area contributed by atoms with Crippen LogP contribution in [0.5, 0.6) is 5.88 Å². The number of aromatic nitrogens is 2. The lowest BCUT2D eigenvalue weighted by Crippen LogP contribution is -2.51. The Balaban J connectivity index is 1.90. The molecule has 5 heteroatoms. The maximum atomic E-state index is 6.03. The molecule has 1 aromatic heterocycles. The summed E-state index contributed by atoms with van der Waals surface area (Å²) in [7, 11) is 0. The number of hydrogen-bond donors (Lipinski definition) is 1. The minimum absolute atomic E-state index is 0.334. The van der Waals surface area contributed by atoms with Crippen molar-refractivity contribution in [1.82, 2.24) is 15.3 Å². The van der Waals surface area contributed by atoms with Gasteiger partial charge in [-0.2, -0.15) is 4.98 Å². The van der Waals surface area contributed by atoms with Crippen molar-refractivity contribution >= 4 is 16.9 Å². The zero-order valence-electron chi connectivity index (χ0n) is 15.1. The van der Waals surface area contributed by atoms with Gasteiger partial charge in [-0.15, -0.1) is 6.58 Å². The topological polar surface area (TPSA) is 50.3 Å². The van der Waals surface area contributed by atoms with E-state index in [-0.39, 0.29) is 0 Å². The fourth-order valence-corrected chi connectivity index (χ4v) is 3.22. The van der Waals surface area contributed by atoms with E-state index in [0.29, 0.717) is 18.5 Å². The Morgan fingerprint density at radius 2 is 2.20 bits per heavy atom. The molecule has 0 spiro atoms.